The van der Waals surface area contributed by atoms with Crippen LogP contribution in [0.1, 0.15) is 11.1 Å². The molecule has 3 aromatic rings. The molecule has 1 heterocycles. The summed E-state index contributed by atoms with van der Waals surface area (Å²) in [6.45, 7) is 0. The molecular weight excluding hydrogens is 373 g/mol. The van der Waals surface area contributed by atoms with Crippen LogP contribution in [0.5, 0.6) is 5.75 Å². The molecule has 9 heteroatoms. The van der Waals surface area contributed by atoms with E-state index in [-0.39, 0.29) is 12.0 Å². The molecule has 0 radical (unpaired) electrons. The molecule has 0 fully saturated rings. The number of hydrogen-bond acceptors (Lipinski definition) is 5. The van der Waals surface area contributed by atoms with E-state index >= 15 is 0 Å². The summed E-state index contributed by atoms with van der Waals surface area (Å²) in [7, 11) is -5.75. The van der Waals surface area contributed by atoms with Gasteiger partial charge < -0.3 is 9.52 Å². The largest absolute Gasteiger partial charge is 0.507 e. The molecule has 0 saturated heterocycles. The van der Waals surface area contributed by atoms with Gasteiger partial charge in [0.25, 0.3) is 9.84 Å². The normalized spacial score (nSPS) is 12.4. The Bertz CT molecular complexity index is 1130. The van der Waals surface area contributed by atoms with Crippen LogP contribution in [0, 0.1) is 0 Å². The van der Waals surface area contributed by atoms with E-state index in [4.69, 9.17) is 4.42 Å². The van der Waals surface area contributed by atoms with Crippen LogP contribution in [0.2, 0.25) is 0 Å². The maximum absolute atomic E-state index is 12.9. The van der Waals surface area contributed by atoms with Gasteiger partial charge in [-0.05, 0) is 17.7 Å². The number of hydrogen-bond donors (Lipinski definition) is 1. The average Bonchev–Trinajstić information content (AvgIpc) is 2.58. The standard InChI is InChI=1S/C17H11F3O5S/c18-17(19,20)26(23,24)13-8-4-7-12-14(13)15(21)11(16(22)25-12)9-10-5-2-1-3-6-10/h1-8,21H,9H2. The number of halogens is 3. The second kappa shape index (κ2) is 6.17. The second-order valence-electron chi connectivity index (χ2n) is 5.46. The van der Waals surface area contributed by atoms with Crippen LogP contribution in [0.4, 0.5) is 13.2 Å². The van der Waals surface area contributed by atoms with Crippen LogP contribution in [0.3, 0.4) is 0 Å². The molecule has 2 aromatic carbocycles. The molecule has 5 nitrogen and oxygen atoms in total. The van der Waals surface area contributed by atoms with E-state index in [1.807, 2.05) is 0 Å². The lowest BCUT2D eigenvalue weighted by molar-refractivity contribution is -0.0435. The Hall–Kier alpha value is -2.81. The van der Waals surface area contributed by atoms with E-state index in [9.17, 15) is 31.5 Å². The molecule has 26 heavy (non-hydrogen) atoms. The first-order valence-electron chi connectivity index (χ1n) is 7.26. The van der Waals surface area contributed by atoms with E-state index in [1.165, 1.54) is 0 Å². The molecule has 0 saturated carbocycles. The SMILES string of the molecule is O=c1oc2cccc(S(=O)(=O)C(F)(F)F)c2c(O)c1Cc1ccccc1. The molecule has 0 amide bonds. The Morgan fingerprint density at radius 3 is 2.27 bits per heavy atom. The van der Waals surface area contributed by atoms with Crippen molar-refractivity contribution >= 4 is 20.8 Å². The summed E-state index contributed by atoms with van der Waals surface area (Å²) >= 11 is 0. The third kappa shape index (κ3) is 2.94. The number of sulfone groups is 1. The average molecular weight is 384 g/mol. The Balaban J connectivity index is 2.31. The van der Waals surface area contributed by atoms with Crippen molar-refractivity contribution < 1.29 is 31.1 Å². The summed E-state index contributed by atoms with van der Waals surface area (Å²) in [4.78, 5) is 10.9. The maximum Gasteiger partial charge on any atom is 0.501 e. The molecule has 0 bridgehead atoms. The first-order valence-corrected chi connectivity index (χ1v) is 8.74. The Morgan fingerprint density at radius 1 is 1.00 bits per heavy atom. The van der Waals surface area contributed by atoms with Crippen molar-refractivity contribution in [2.24, 2.45) is 0 Å². The zero-order valence-corrected chi connectivity index (χ0v) is 13.8. The van der Waals surface area contributed by atoms with Crippen molar-refractivity contribution in [2.75, 3.05) is 0 Å². The van der Waals surface area contributed by atoms with Crippen molar-refractivity contribution in [1.29, 1.82) is 0 Å². The molecule has 0 aliphatic heterocycles. The molecule has 0 aliphatic carbocycles. The summed E-state index contributed by atoms with van der Waals surface area (Å²) in [5.74, 6) is -0.844. The molecule has 0 aliphatic rings. The first-order chi connectivity index (χ1) is 12.1. The van der Waals surface area contributed by atoms with Crippen LogP contribution in [0.25, 0.3) is 11.0 Å². The smallest absolute Gasteiger partial charge is 0.501 e. The van der Waals surface area contributed by atoms with E-state index in [2.05, 4.69) is 0 Å². The fourth-order valence-electron chi connectivity index (χ4n) is 2.54. The van der Waals surface area contributed by atoms with Gasteiger partial charge in [0, 0.05) is 6.42 Å². The van der Waals surface area contributed by atoms with Crippen LogP contribution in [0.15, 0.2) is 62.6 Å². The van der Waals surface area contributed by atoms with Gasteiger partial charge in [-0.3, -0.25) is 0 Å². The number of fused-ring (bicyclic) bond motifs is 1. The Labute approximate surface area is 145 Å². The predicted octanol–water partition coefficient (Wildman–Crippen LogP) is 3.38. The van der Waals surface area contributed by atoms with E-state index in [1.54, 1.807) is 30.3 Å². The Kier molecular flexibility index (Phi) is 4.27. The van der Waals surface area contributed by atoms with E-state index < -0.39 is 42.6 Å². The summed E-state index contributed by atoms with van der Waals surface area (Å²) in [5.41, 5.74) is -6.71. The van der Waals surface area contributed by atoms with Crippen molar-refractivity contribution in [2.45, 2.75) is 16.8 Å². The van der Waals surface area contributed by atoms with E-state index in [0.29, 0.717) is 11.6 Å². The monoisotopic (exact) mass is 384 g/mol. The van der Waals surface area contributed by atoms with Crippen molar-refractivity contribution in [3.8, 4) is 5.75 Å². The molecule has 1 aromatic heterocycles. The lowest BCUT2D eigenvalue weighted by Crippen LogP contribution is -2.23. The molecule has 136 valence electrons. The summed E-state index contributed by atoms with van der Waals surface area (Å²) in [6, 6.07) is 11.2. The first kappa shape index (κ1) is 18.0. The highest BCUT2D eigenvalue weighted by Gasteiger charge is 2.48. The summed E-state index contributed by atoms with van der Waals surface area (Å²) in [6.07, 6.45) is -0.134. The highest BCUT2D eigenvalue weighted by Crippen LogP contribution is 2.38. The predicted molar refractivity (Wildman–Crippen MR) is 86.6 cm³/mol. The highest BCUT2D eigenvalue weighted by atomic mass is 32.2. The Morgan fingerprint density at radius 2 is 1.65 bits per heavy atom. The molecule has 3 rings (SSSR count). The minimum absolute atomic E-state index is 0.134. The van der Waals surface area contributed by atoms with Crippen LogP contribution < -0.4 is 5.63 Å². The van der Waals surface area contributed by atoms with Crippen LogP contribution >= 0.6 is 0 Å². The molecular formula is C17H11F3O5S. The number of benzene rings is 2. The number of alkyl halides is 3. The van der Waals surface area contributed by atoms with Gasteiger partial charge >= 0.3 is 11.1 Å². The summed E-state index contributed by atoms with van der Waals surface area (Å²) < 4.78 is 67.4. The fourth-order valence-corrected chi connectivity index (χ4v) is 3.52. The molecule has 0 unspecified atom stereocenters. The highest BCUT2D eigenvalue weighted by molar-refractivity contribution is 7.92. The minimum atomic E-state index is -5.75. The van der Waals surface area contributed by atoms with Gasteiger partial charge in [-0.2, -0.15) is 13.2 Å². The fraction of sp³-hybridized carbons (Fsp3) is 0.118. The molecule has 0 atom stereocenters. The van der Waals surface area contributed by atoms with Gasteiger partial charge in [0.1, 0.15) is 11.3 Å². The molecule has 1 N–H and O–H groups in total. The van der Waals surface area contributed by atoms with Gasteiger partial charge in [-0.1, -0.05) is 36.4 Å². The van der Waals surface area contributed by atoms with Crippen LogP contribution in [-0.4, -0.2) is 19.0 Å². The van der Waals surface area contributed by atoms with Gasteiger partial charge in [-0.25, -0.2) is 13.2 Å². The van der Waals surface area contributed by atoms with Gasteiger partial charge in [0.15, 0.2) is 0 Å². The van der Waals surface area contributed by atoms with Crippen molar-refractivity contribution in [1.82, 2.24) is 0 Å². The van der Waals surface area contributed by atoms with Gasteiger partial charge in [0.05, 0.1) is 15.8 Å². The van der Waals surface area contributed by atoms with Crippen LogP contribution in [-0.2, 0) is 16.3 Å². The second-order valence-corrected chi connectivity index (χ2v) is 7.37. The summed E-state index contributed by atoms with van der Waals surface area (Å²) in [5, 5.41) is 9.74. The molecule has 0 spiro atoms. The lowest BCUT2D eigenvalue weighted by Gasteiger charge is -2.12. The third-order valence-corrected chi connectivity index (χ3v) is 5.31. The topological polar surface area (TPSA) is 84.6 Å². The lowest BCUT2D eigenvalue weighted by atomic mass is 10.0. The zero-order chi connectivity index (χ0) is 19.1. The van der Waals surface area contributed by atoms with Gasteiger partial charge in [0.2, 0.25) is 0 Å². The zero-order valence-electron chi connectivity index (χ0n) is 12.9. The number of aromatic hydroxyl groups is 1. The quantitative estimate of drug-likeness (QED) is 0.700. The van der Waals surface area contributed by atoms with Crippen molar-refractivity contribution in [3.63, 3.8) is 0 Å². The van der Waals surface area contributed by atoms with E-state index in [0.717, 1.165) is 12.1 Å². The maximum atomic E-state index is 12.9. The number of rotatable bonds is 3. The van der Waals surface area contributed by atoms with Gasteiger partial charge in [-0.15, -0.1) is 0 Å². The minimum Gasteiger partial charge on any atom is -0.507 e. The van der Waals surface area contributed by atoms with Crippen molar-refractivity contribution in [3.05, 3.63) is 70.1 Å². The third-order valence-electron chi connectivity index (χ3n) is 3.78.